The highest BCUT2D eigenvalue weighted by Gasteiger charge is 2.34. The number of carbonyl (C=O) groups excluding carboxylic acids is 1. The van der Waals surface area contributed by atoms with Crippen LogP contribution in [0.2, 0.25) is 0 Å². The molecule has 0 bridgehead atoms. The molecule has 0 aromatic rings. The summed E-state index contributed by atoms with van der Waals surface area (Å²) in [5, 5.41) is 28.3. The predicted molar refractivity (Wildman–Crippen MR) is 80.6 cm³/mol. The van der Waals surface area contributed by atoms with Crippen LogP contribution in [0.25, 0.3) is 0 Å². The summed E-state index contributed by atoms with van der Waals surface area (Å²) >= 11 is 16.7. The second-order valence-electron chi connectivity index (χ2n) is 4.37. The van der Waals surface area contributed by atoms with Crippen LogP contribution in [0.4, 0.5) is 0 Å². The molecule has 4 atom stereocenters. The fraction of sp³-hybridized carbons (Fsp3) is 0.750. The minimum atomic E-state index is -1.98. The topological polar surface area (TPSA) is 105 Å². The first-order chi connectivity index (χ1) is 9.98. The van der Waals surface area contributed by atoms with E-state index in [1.807, 2.05) is 0 Å². The van der Waals surface area contributed by atoms with Crippen molar-refractivity contribution in [2.75, 3.05) is 13.2 Å². The summed E-state index contributed by atoms with van der Waals surface area (Å²) in [5.74, 6) is -0.938. The van der Waals surface area contributed by atoms with Gasteiger partial charge in [0.05, 0.1) is 12.7 Å². The molecule has 0 saturated carbocycles. The van der Waals surface area contributed by atoms with Gasteiger partial charge >= 0.3 is 5.97 Å². The lowest BCUT2D eigenvalue weighted by Crippen LogP contribution is -2.43. The number of aliphatic hydroxyl groups excluding tert-OH is 3. The van der Waals surface area contributed by atoms with Crippen LogP contribution in [0.5, 0.6) is 0 Å². The van der Waals surface area contributed by atoms with Crippen molar-refractivity contribution in [3.05, 3.63) is 12.3 Å². The van der Waals surface area contributed by atoms with E-state index in [0.717, 1.165) is 0 Å². The minimum Gasteiger partial charge on any atom is -0.463 e. The highest BCUT2D eigenvalue weighted by Crippen LogP contribution is 2.35. The van der Waals surface area contributed by atoms with Crippen molar-refractivity contribution in [2.45, 2.75) is 42.2 Å². The Labute approximate surface area is 143 Å². The quantitative estimate of drug-likeness (QED) is 0.236. The Morgan fingerprint density at radius 1 is 1.32 bits per heavy atom. The molecule has 0 aliphatic carbocycles. The summed E-state index contributed by atoms with van der Waals surface area (Å²) < 4.78 is 13.1. The molecule has 0 amide bonds. The Morgan fingerprint density at radius 3 is 2.23 bits per heavy atom. The number of carbonyl (C=O) groups is 1. The van der Waals surface area contributed by atoms with Crippen LogP contribution in [0, 0.1) is 0 Å². The Hall–Kier alpha value is -0.280. The van der Waals surface area contributed by atoms with Gasteiger partial charge in [0, 0.05) is 6.92 Å². The Morgan fingerprint density at radius 2 is 1.86 bits per heavy atom. The number of hydrogen-bond acceptors (Lipinski definition) is 7. The van der Waals surface area contributed by atoms with Crippen molar-refractivity contribution >= 4 is 40.8 Å². The SMILES string of the molecule is C=C(O[C@@H](OC(COC(C)=O)[C@@H](C)O)[C@@H](O)CO)C(Cl)(Cl)Cl. The van der Waals surface area contributed by atoms with Crippen LogP contribution in [0.1, 0.15) is 13.8 Å². The van der Waals surface area contributed by atoms with Gasteiger partial charge in [-0.2, -0.15) is 0 Å². The largest absolute Gasteiger partial charge is 0.463 e. The molecule has 0 spiro atoms. The number of esters is 1. The van der Waals surface area contributed by atoms with Crippen LogP contribution < -0.4 is 0 Å². The molecule has 0 radical (unpaired) electrons. The van der Waals surface area contributed by atoms with E-state index in [2.05, 4.69) is 6.58 Å². The zero-order chi connectivity index (χ0) is 17.5. The molecule has 130 valence electrons. The number of aliphatic hydroxyl groups is 3. The Balaban J connectivity index is 4.93. The number of alkyl halides is 3. The molecular formula is C12H19Cl3O7. The van der Waals surface area contributed by atoms with Gasteiger partial charge in [0.25, 0.3) is 0 Å². The van der Waals surface area contributed by atoms with E-state index >= 15 is 0 Å². The molecule has 0 saturated heterocycles. The van der Waals surface area contributed by atoms with E-state index in [4.69, 9.17) is 54.1 Å². The molecule has 10 heteroatoms. The van der Waals surface area contributed by atoms with Crippen LogP contribution in [-0.4, -0.2) is 62.9 Å². The monoisotopic (exact) mass is 380 g/mol. The highest BCUT2D eigenvalue weighted by molar-refractivity contribution is 6.69. The van der Waals surface area contributed by atoms with Gasteiger partial charge in [0.2, 0.25) is 10.1 Å². The third-order valence-corrected chi connectivity index (χ3v) is 3.01. The number of ether oxygens (including phenoxy) is 3. The first-order valence-corrected chi connectivity index (χ1v) is 7.31. The molecule has 3 N–H and O–H groups in total. The van der Waals surface area contributed by atoms with E-state index in [-0.39, 0.29) is 12.4 Å². The van der Waals surface area contributed by atoms with Crippen molar-refractivity contribution in [3.63, 3.8) is 0 Å². The molecule has 0 heterocycles. The predicted octanol–water partition coefficient (Wildman–Crippen LogP) is 0.895. The molecular weight excluding hydrogens is 362 g/mol. The maximum Gasteiger partial charge on any atom is 0.302 e. The van der Waals surface area contributed by atoms with Crippen molar-refractivity contribution in [1.29, 1.82) is 0 Å². The van der Waals surface area contributed by atoms with E-state index in [0.29, 0.717) is 0 Å². The molecule has 1 unspecified atom stereocenters. The van der Waals surface area contributed by atoms with Gasteiger partial charge in [-0.05, 0) is 6.92 Å². The number of allylic oxidation sites excluding steroid dienone is 1. The molecule has 0 rings (SSSR count). The third-order valence-electron chi connectivity index (χ3n) is 2.37. The van der Waals surface area contributed by atoms with Gasteiger partial charge in [0.15, 0.2) is 0 Å². The van der Waals surface area contributed by atoms with Crippen molar-refractivity contribution in [2.24, 2.45) is 0 Å². The van der Waals surface area contributed by atoms with E-state index in [1.54, 1.807) is 0 Å². The Kier molecular flexibility index (Phi) is 9.64. The zero-order valence-electron chi connectivity index (χ0n) is 12.0. The molecule has 0 aromatic heterocycles. The zero-order valence-corrected chi connectivity index (χ0v) is 14.3. The first-order valence-electron chi connectivity index (χ1n) is 6.17. The lowest BCUT2D eigenvalue weighted by molar-refractivity contribution is -0.228. The van der Waals surface area contributed by atoms with Crippen LogP contribution >= 0.6 is 34.8 Å². The number of hydrogen-bond donors (Lipinski definition) is 3. The van der Waals surface area contributed by atoms with Gasteiger partial charge in [-0.25, -0.2) is 0 Å². The maximum atomic E-state index is 10.8. The average molecular weight is 382 g/mol. The summed E-state index contributed by atoms with van der Waals surface area (Å²) in [6.07, 6.45) is -5.12. The van der Waals surface area contributed by atoms with E-state index in [9.17, 15) is 15.0 Å². The second-order valence-corrected chi connectivity index (χ2v) is 6.66. The second kappa shape index (κ2) is 9.77. The van der Waals surface area contributed by atoms with Gasteiger partial charge in [0.1, 0.15) is 24.6 Å². The molecule has 7 nitrogen and oxygen atoms in total. The number of halogens is 3. The van der Waals surface area contributed by atoms with Gasteiger partial charge in [-0.3, -0.25) is 4.79 Å². The van der Waals surface area contributed by atoms with E-state index in [1.165, 1.54) is 13.8 Å². The van der Waals surface area contributed by atoms with Crippen LogP contribution in [0.3, 0.4) is 0 Å². The standard InChI is InChI=1S/C12H19Cl3O7/c1-6(17)10(5-20-8(3)18)22-11(9(19)4-16)21-7(2)12(13,14)15/h6,9-11,16-17,19H,2,4-5H2,1,3H3/t6-,9+,10?,11+/m1/s1. The Bertz CT molecular complexity index is 370. The third kappa shape index (κ3) is 8.38. The van der Waals surface area contributed by atoms with Crippen molar-refractivity contribution < 1.29 is 34.3 Å². The summed E-state index contributed by atoms with van der Waals surface area (Å²) in [5.41, 5.74) is 0. The summed E-state index contributed by atoms with van der Waals surface area (Å²) in [7, 11) is 0. The molecule has 0 aromatic carbocycles. The molecule has 0 fully saturated rings. The highest BCUT2D eigenvalue weighted by atomic mass is 35.6. The maximum absolute atomic E-state index is 10.8. The van der Waals surface area contributed by atoms with Gasteiger partial charge in [-0.1, -0.05) is 41.4 Å². The van der Waals surface area contributed by atoms with Gasteiger partial charge in [-0.15, -0.1) is 0 Å². The fourth-order valence-corrected chi connectivity index (χ4v) is 1.29. The molecule has 0 aliphatic heterocycles. The smallest absolute Gasteiger partial charge is 0.302 e. The van der Waals surface area contributed by atoms with Crippen LogP contribution in [0.15, 0.2) is 12.3 Å². The summed E-state index contributed by atoms with van der Waals surface area (Å²) in [6, 6.07) is 0. The number of rotatable bonds is 9. The average Bonchev–Trinajstić information content (AvgIpc) is 2.39. The van der Waals surface area contributed by atoms with E-state index < -0.39 is 41.0 Å². The lowest BCUT2D eigenvalue weighted by atomic mass is 10.2. The lowest BCUT2D eigenvalue weighted by Gasteiger charge is -2.30. The summed E-state index contributed by atoms with van der Waals surface area (Å²) in [6.45, 7) is 4.90. The minimum absolute atomic E-state index is 0.300. The summed E-state index contributed by atoms with van der Waals surface area (Å²) in [4.78, 5) is 10.8. The van der Waals surface area contributed by atoms with Crippen LogP contribution in [-0.2, 0) is 19.0 Å². The molecule has 0 aliphatic rings. The normalized spacial score (nSPS) is 17.3. The van der Waals surface area contributed by atoms with Crippen molar-refractivity contribution in [3.8, 4) is 0 Å². The van der Waals surface area contributed by atoms with Crippen molar-refractivity contribution in [1.82, 2.24) is 0 Å². The van der Waals surface area contributed by atoms with Gasteiger partial charge < -0.3 is 29.5 Å². The molecule has 22 heavy (non-hydrogen) atoms. The first kappa shape index (κ1) is 21.7. The fourth-order valence-electron chi connectivity index (χ4n) is 1.15.